The molecule has 0 aliphatic carbocycles. The lowest BCUT2D eigenvalue weighted by Gasteiger charge is -2.18. The largest absolute Gasteiger partial charge is 0.462 e. The van der Waals surface area contributed by atoms with Crippen LogP contribution in [0.5, 0.6) is 0 Å². The number of carbonyl (C=O) groups is 3. The maximum Gasteiger partial charge on any atom is 0.306 e. The molecular weight excluding hydrogens is 793 g/mol. The fourth-order valence-electron chi connectivity index (χ4n) is 6.87. The average molecular weight is 889 g/mol. The Bertz CT molecular complexity index is 1300. The minimum Gasteiger partial charge on any atom is -0.462 e. The highest BCUT2D eigenvalue weighted by Gasteiger charge is 2.19. The monoisotopic (exact) mass is 889 g/mol. The van der Waals surface area contributed by atoms with Gasteiger partial charge in [0.2, 0.25) is 0 Å². The van der Waals surface area contributed by atoms with Crippen LogP contribution >= 0.6 is 0 Å². The molecule has 0 N–H and O–H groups in total. The van der Waals surface area contributed by atoms with Gasteiger partial charge in [-0.25, -0.2) is 0 Å². The van der Waals surface area contributed by atoms with Gasteiger partial charge in [-0.1, -0.05) is 214 Å². The second-order valence-electron chi connectivity index (χ2n) is 17.1. The average Bonchev–Trinajstić information content (AvgIpc) is 3.29. The Morgan fingerprint density at radius 3 is 1.03 bits per heavy atom. The number of unbranched alkanes of at least 4 members (excludes halogenated alkanes) is 19. The van der Waals surface area contributed by atoms with E-state index in [0.29, 0.717) is 19.3 Å². The van der Waals surface area contributed by atoms with E-state index < -0.39 is 6.10 Å². The Morgan fingerprint density at radius 1 is 0.328 bits per heavy atom. The Balaban J connectivity index is 4.34. The molecule has 0 bridgehead atoms. The van der Waals surface area contributed by atoms with Crippen molar-refractivity contribution >= 4 is 17.9 Å². The van der Waals surface area contributed by atoms with Crippen LogP contribution in [0.1, 0.15) is 233 Å². The van der Waals surface area contributed by atoms with Gasteiger partial charge in [0, 0.05) is 19.3 Å². The van der Waals surface area contributed by atoms with E-state index in [1.807, 2.05) is 0 Å². The van der Waals surface area contributed by atoms with Crippen molar-refractivity contribution in [1.29, 1.82) is 0 Å². The highest BCUT2D eigenvalue weighted by Crippen LogP contribution is 2.14. The molecule has 364 valence electrons. The molecule has 0 aromatic rings. The molecule has 1 atom stereocenters. The van der Waals surface area contributed by atoms with Crippen molar-refractivity contribution in [3.8, 4) is 0 Å². The minimum atomic E-state index is -0.793. The summed E-state index contributed by atoms with van der Waals surface area (Å²) < 4.78 is 16.7. The first kappa shape index (κ1) is 60.3. The molecule has 0 fully saturated rings. The van der Waals surface area contributed by atoms with Gasteiger partial charge < -0.3 is 14.2 Å². The number of ether oxygens (including phenoxy) is 3. The zero-order chi connectivity index (χ0) is 46.5. The zero-order valence-electron chi connectivity index (χ0n) is 41.5. The first-order chi connectivity index (χ1) is 31.5. The van der Waals surface area contributed by atoms with Gasteiger partial charge in [-0.3, -0.25) is 14.4 Å². The van der Waals surface area contributed by atoms with Gasteiger partial charge in [-0.05, 0) is 96.3 Å². The molecule has 0 aromatic carbocycles. The first-order valence-corrected chi connectivity index (χ1v) is 26.2. The van der Waals surface area contributed by atoms with Gasteiger partial charge in [0.05, 0.1) is 0 Å². The molecule has 0 rings (SSSR count). The van der Waals surface area contributed by atoms with Crippen molar-refractivity contribution in [3.63, 3.8) is 0 Å². The van der Waals surface area contributed by atoms with Gasteiger partial charge in [0.15, 0.2) is 6.10 Å². The van der Waals surface area contributed by atoms with E-state index in [9.17, 15) is 14.4 Å². The Kier molecular flexibility index (Phi) is 49.0. The van der Waals surface area contributed by atoms with Crippen LogP contribution in [0, 0.1) is 0 Å². The maximum atomic E-state index is 12.7. The summed E-state index contributed by atoms with van der Waals surface area (Å²) in [5.41, 5.74) is 0. The molecule has 0 saturated heterocycles. The van der Waals surface area contributed by atoms with E-state index in [1.54, 1.807) is 0 Å². The van der Waals surface area contributed by atoms with Gasteiger partial charge in [-0.2, -0.15) is 0 Å². The maximum absolute atomic E-state index is 12.7. The number of esters is 3. The minimum absolute atomic E-state index is 0.0910. The number of rotatable bonds is 46. The second kappa shape index (κ2) is 52.0. The van der Waals surface area contributed by atoms with E-state index in [0.717, 1.165) is 122 Å². The number of hydrogen-bond donors (Lipinski definition) is 0. The smallest absolute Gasteiger partial charge is 0.306 e. The molecule has 64 heavy (non-hydrogen) atoms. The fraction of sp³-hybridized carbons (Fsp3) is 0.672. The van der Waals surface area contributed by atoms with Gasteiger partial charge in [-0.15, -0.1) is 0 Å². The number of carbonyl (C=O) groups excluding carboxylic acids is 3. The zero-order valence-corrected chi connectivity index (χ0v) is 41.5. The van der Waals surface area contributed by atoms with E-state index in [4.69, 9.17) is 14.2 Å². The molecule has 0 spiro atoms. The molecule has 0 heterocycles. The van der Waals surface area contributed by atoms with Crippen molar-refractivity contribution in [2.45, 2.75) is 239 Å². The quantitative estimate of drug-likeness (QED) is 0.0262. The highest BCUT2D eigenvalue weighted by molar-refractivity contribution is 5.71. The predicted octanol–water partition coefficient (Wildman–Crippen LogP) is 17.4. The highest BCUT2D eigenvalue weighted by atomic mass is 16.6. The standard InChI is InChI=1S/C58H96O6/c1-4-7-10-13-16-19-22-23-24-25-26-27-28-29-30-31-32-33-34-35-37-39-42-45-48-51-57(60)63-54-55(53-62-56(59)50-47-44-41-38-21-18-15-12-9-6-3)64-58(61)52-49-46-43-40-36-20-17-14-11-8-5-2/h7,10,14,16-17,19,23-24,26-27,29-30,32-33,35,37,55H,4-6,8-9,11-13,15,18,20-22,25,28,31,34,36,38-54H2,1-3H3/b10-7-,17-14-,19-16-,24-23-,27-26-,30-29-,33-32-,37-35-. The van der Waals surface area contributed by atoms with Crippen LogP contribution in [0.15, 0.2) is 97.2 Å². The molecule has 0 saturated carbocycles. The summed E-state index contributed by atoms with van der Waals surface area (Å²) in [5, 5.41) is 0. The Labute approximate surface area is 394 Å². The van der Waals surface area contributed by atoms with Crippen LogP contribution in [-0.2, 0) is 28.6 Å². The lowest BCUT2D eigenvalue weighted by molar-refractivity contribution is -0.167. The summed E-state index contributed by atoms with van der Waals surface area (Å²) in [4.78, 5) is 37.9. The van der Waals surface area contributed by atoms with Crippen molar-refractivity contribution in [3.05, 3.63) is 97.2 Å². The van der Waals surface area contributed by atoms with E-state index in [2.05, 4.69) is 118 Å². The number of allylic oxidation sites excluding steroid dienone is 16. The third-order valence-electron chi connectivity index (χ3n) is 10.8. The van der Waals surface area contributed by atoms with Crippen molar-refractivity contribution < 1.29 is 28.6 Å². The lowest BCUT2D eigenvalue weighted by Crippen LogP contribution is -2.30. The van der Waals surface area contributed by atoms with Crippen LogP contribution in [0.4, 0.5) is 0 Å². The number of hydrogen-bond acceptors (Lipinski definition) is 6. The summed E-state index contributed by atoms with van der Waals surface area (Å²) in [5.74, 6) is -0.941. The molecule has 6 heteroatoms. The summed E-state index contributed by atoms with van der Waals surface area (Å²) in [7, 11) is 0. The molecule has 0 radical (unpaired) electrons. The summed E-state index contributed by atoms with van der Waals surface area (Å²) in [6.07, 6.45) is 68.3. The molecule has 0 aromatic heterocycles. The van der Waals surface area contributed by atoms with Crippen LogP contribution < -0.4 is 0 Å². The Hall–Kier alpha value is -3.67. The SMILES string of the molecule is CC/C=C\C/C=C\C/C=C\C/C=C\C/C=C\C/C=C\C/C=C\CCCCCC(=O)OCC(COC(=O)CCCCCCCCCCCC)OC(=O)CCCCCCC/C=C\CCCC. The van der Waals surface area contributed by atoms with Crippen LogP contribution in [0.2, 0.25) is 0 Å². The van der Waals surface area contributed by atoms with Crippen LogP contribution in [-0.4, -0.2) is 37.2 Å². The third-order valence-corrected chi connectivity index (χ3v) is 10.8. The summed E-state index contributed by atoms with van der Waals surface area (Å²) in [6.45, 7) is 6.42. The summed E-state index contributed by atoms with van der Waals surface area (Å²) >= 11 is 0. The second-order valence-corrected chi connectivity index (χ2v) is 17.1. The molecule has 0 amide bonds. The van der Waals surface area contributed by atoms with E-state index >= 15 is 0 Å². The molecular formula is C58H96O6. The normalized spacial score (nSPS) is 12.9. The molecule has 0 aliphatic heterocycles. The van der Waals surface area contributed by atoms with Crippen LogP contribution in [0.25, 0.3) is 0 Å². The van der Waals surface area contributed by atoms with Crippen molar-refractivity contribution in [2.24, 2.45) is 0 Å². The summed E-state index contributed by atoms with van der Waals surface area (Å²) in [6, 6.07) is 0. The lowest BCUT2D eigenvalue weighted by atomic mass is 10.1. The van der Waals surface area contributed by atoms with Crippen molar-refractivity contribution in [2.75, 3.05) is 13.2 Å². The van der Waals surface area contributed by atoms with Crippen LogP contribution in [0.3, 0.4) is 0 Å². The van der Waals surface area contributed by atoms with E-state index in [-0.39, 0.29) is 31.1 Å². The van der Waals surface area contributed by atoms with E-state index in [1.165, 1.54) is 70.6 Å². The topological polar surface area (TPSA) is 78.9 Å². The molecule has 1 unspecified atom stereocenters. The van der Waals surface area contributed by atoms with Crippen molar-refractivity contribution in [1.82, 2.24) is 0 Å². The predicted molar refractivity (Wildman–Crippen MR) is 274 cm³/mol. The first-order valence-electron chi connectivity index (χ1n) is 26.2. The molecule has 6 nitrogen and oxygen atoms in total. The van der Waals surface area contributed by atoms with Gasteiger partial charge in [0.25, 0.3) is 0 Å². The molecule has 0 aliphatic rings. The Morgan fingerprint density at radius 2 is 0.625 bits per heavy atom. The van der Waals surface area contributed by atoms with Gasteiger partial charge >= 0.3 is 17.9 Å². The fourth-order valence-corrected chi connectivity index (χ4v) is 6.87. The third kappa shape index (κ3) is 49.3. The van der Waals surface area contributed by atoms with Gasteiger partial charge in [0.1, 0.15) is 13.2 Å².